The molecule has 1 amide bonds. The number of hydrogen-bond acceptors (Lipinski definition) is 6. The third kappa shape index (κ3) is 3.33. The number of hydrogen-bond donors (Lipinski definition) is 1. The molecule has 138 valence electrons. The van der Waals surface area contributed by atoms with Gasteiger partial charge in [-0.25, -0.2) is 0 Å². The van der Waals surface area contributed by atoms with Crippen LogP contribution in [0.5, 0.6) is 5.75 Å². The molecule has 26 heavy (non-hydrogen) atoms. The van der Waals surface area contributed by atoms with Gasteiger partial charge in [0.1, 0.15) is 11.4 Å². The zero-order valence-corrected chi connectivity index (χ0v) is 16.0. The second kappa shape index (κ2) is 6.96. The van der Waals surface area contributed by atoms with E-state index in [1.165, 1.54) is 11.5 Å². The number of carbonyl (C=O) groups excluding carboxylic acids is 1. The summed E-state index contributed by atoms with van der Waals surface area (Å²) in [7, 11) is 0. The van der Waals surface area contributed by atoms with E-state index in [1.54, 1.807) is 5.38 Å². The highest BCUT2D eigenvalue weighted by Crippen LogP contribution is 2.44. The number of benzene rings is 1. The van der Waals surface area contributed by atoms with Crippen LogP contribution in [0.1, 0.15) is 55.2 Å². The van der Waals surface area contributed by atoms with Gasteiger partial charge in [0.05, 0.1) is 6.04 Å². The van der Waals surface area contributed by atoms with Crippen LogP contribution < -0.4 is 10.1 Å². The largest absolute Gasteiger partial charge is 0.487 e. The van der Waals surface area contributed by atoms with Crippen LogP contribution in [0.25, 0.3) is 0 Å². The Hall–Kier alpha value is -1.99. The number of para-hydroxylation sites is 1. The number of ether oxygens (including phenoxy) is 1. The van der Waals surface area contributed by atoms with E-state index in [9.17, 15) is 4.79 Å². The molecule has 1 spiro atoms. The highest BCUT2D eigenvalue weighted by atomic mass is 32.1. The summed E-state index contributed by atoms with van der Waals surface area (Å²) < 4.78 is 10.3. The van der Waals surface area contributed by atoms with Gasteiger partial charge in [0.25, 0.3) is 5.91 Å². The summed E-state index contributed by atoms with van der Waals surface area (Å²) in [5, 5.41) is 8.72. The molecule has 0 radical (unpaired) electrons. The van der Waals surface area contributed by atoms with Crippen molar-refractivity contribution < 1.29 is 9.53 Å². The van der Waals surface area contributed by atoms with E-state index < -0.39 is 0 Å². The Kier molecular flexibility index (Phi) is 4.67. The number of piperidine rings is 1. The monoisotopic (exact) mass is 372 g/mol. The van der Waals surface area contributed by atoms with Gasteiger partial charge in [0.15, 0.2) is 5.69 Å². The van der Waals surface area contributed by atoms with Gasteiger partial charge in [0.2, 0.25) is 0 Å². The zero-order chi connectivity index (χ0) is 18.1. The number of likely N-dealkylation sites (tertiary alicyclic amines) is 1. The maximum atomic E-state index is 12.5. The lowest BCUT2D eigenvalue weighted by Gasteiger charge is -2.47. The molecule has 3 heterocycles. The molecule has 0 aliphatic carbocycles. The van der Waals surface area contributed by atoms with Gasteiger partial charge >= 0.3 is 0 Å². The number of nitrogens with zero attached hydrogens (tertiary/aromatic N) is 3. The van der Waals surface area contributed by atoms with Gasteiger partial charge in [-0.05, 0) is 44.3 Å². The van der Waals surface area contributed by atoms with Crippen molar-refractivity contribution in [2.75, 3.05) is 13.1 Å². The van der Waals surface area contributed by atoms with Crippen LogP contribution >= 0.6 is 11.5 Å². The minimum Gasteiger partial charge on any atom is -0.487 e. The Morgan fingerprint density at radius 1 is 1.35 bits per heavy atom. The maximum Gasteiger partial charge on any atom is 0.273 e. The van der Waals surface area contributed by atoms with Crippen molar-refractivity contribution >= 4 is 17.4 Å². The van der Waals surface area contributed by atoms with Gasteiger partial charge in [-0.2, -0.15) is 0 Å². The van der Waals surface area contributed by atoms with E-state index in [0.717, 1.165) is 43.7 Å². The fraction of sp³-hybridized carbons (Fsp3) is 0.526. The fourth-order valence-electron chi connectivity index (χ4n) is 4.00. The maximum absolute atomic E-state index is 12.5. The SMILES string of the molecule is CC(C)N1CCC2(CC1)CC(NC(=O)c1csnn1)c1ccccc1O2. The molecular weight excluding hydrogens is 348 g/mol. The summed E-state index contributed by atoms with van der Waals surface area (Å²) in [4.78, 5) is 15.0. The molecule has 4 rings (SSSR count). The third-order valence-corrected chi connectivity index (χ3v) is 6.04. The summed E-state index contributed by atoms with van der Waals surface area (Å²) in [5.74, 6) is 0.716. The second-order valence-electron chi connectivity index (χ2n) is 7.47. The number of carbonyl (C=O) groups is 1. The molecule has 2 aliphatic heterocycles. The highest BCUT2D eigenvalue weighted by Gasteiger charge is 2.44. The highest BCUT2D eigenvalue weighted by molar-refractivity contribution is 7.03. The van der Waals surface area contributed by atoms with Crippen LogP contribution in [0, 0.1) is 0 Å². The van der Waals surface area contributed by atoms with Gasteiger partial charge in [0, 0.05) is 36.5 Å². The smallest absolute Gasteiger partial charge is 0.273 e. The Morgan fingerprint density at radius 3 is 2.81 bits per heavy atom. The lowest BCUT2D eigenvalue weighted by atomic mass is 9.80. The molecule has 0 saturated carbocycles. The molecule has 0 bridgehead atoms. The average molecular weight is 372 g/mol. The molecule has 1 unspecified atom stereocenters. The van der Waals surface area contributed by atoms with Crippen LogP contribution in [-0.2, 0) is 0 Å². The lowest BCUT2D eigenvalue weighted by molar-refractivity contribution is -0.0306. The number of rotatable bonds is 3. The van der Waals surface area contributed by atoms with Gasteiger partial charge in [-0.15, -0.1) is 5.10 Å². The molecule has 1 atom stereocenters. The van der Waals surface area contributed by atoms with Gasteiger partial charge < -0.3 is 15.0 Å². The number of amides is 1. The molecule has 1 saturated heterocycles. The predicted octanol–water partition coefficient (Wildman–Crippen LogP) is 3.03. The molecule has 1 aromatic carbocycles. The first kappa shape index (κ1) is 17.4. The summed E-state index contributed by atoms with van der Waals surface area (Å²) in [5.41, 5.74) is 1.21. The molecule has 7 heteroatoms. The van der Waals surface area contributed by atoms with E-state index in [1.807, 2.05) is 24.3 Å². The van der Waals surface area contributed by atoms with Crippen molar-refractivity contribution in [3.63, 3.8) is 0 Å². The van der Waals surface area contributed by atoms with Crippen LogP contribution in [0.3, 0.4) is 0 Å². The standard InChI is InChI=1S/C19H24N4O2S/c1-13(2)23-9-7-19(8-10-23)11-15(14-5-3-4-6-17(14)25-19)20-18(24)16-12-26-22-21-16/h3-6,12-13,15H,7-11H2,1-2H3,(H,20,24). The third-order valence-electron chi connectivity index (χ3n) is 5.53. The van der Waals surface area contributed by atoms with E-state index in [0.29, 0.717) is 11.7 Å². The minimum atomic E-state index is -0.210. The van der Waals surface area contributed by atoms with Gasteiger partial charge in [-0.1, -0.05) is 22.7 Å². The number of fused-ring (bicyclic) bond motifs is 1. The Balaban J connectivity index is 1.57. The van der Waals surface area contributed by atoms with Crippen LogP contribution in [-0.4, -0.2) is 45.1 Å². The van der Waals surface area contributed by atoms with Crippen molar-refractivity contribution in [1.29, 1.82) is 0 Å². The minimum absolute atomic E-state index is 0.0697. The molecule has 1 aromatic heterocycles. The van der Waals surface area contributed by atoms with Crippen molar-refractivity contribution in [3.05, 3.63) is 40.9 Å². The summed E-state index contributed by atoms with van der Waals surface area (Å²) >= 11 is 1.19. The van der Waals surface area contributed by atoms with Crippen molar-refractivity contribution in [2.24, 2.45) is 0 Å². The topological polar surface area (TPSA) is 67.4 Å². The molecule has 2 aliphatic rings. The molecule has 1 fully saturated rings. The Morgan fingerprint density at radius 2 is 2.12 bits per heavy atom. The molecule has 1 N–H and O–H groups in total. The Labute approximate surface area is 157 Å². The molecular formula is C19H24N4O2S. The average Bonchev–Trinajstić information content (AvgIpc) is 3.17. The van der Waals surface area contributed by atoms with E-state index >= 15 is 0 Å². The van der Waals surface area contributed by atoms with Crippen LogP contribution in [0.4, 0.5) is 0 Å². The predicted molar refractivity (Wildman–Crippen MR) is 100 cm³/mol. The Bertz CT molecular complexity index is 770. The molecule has 2 aromatic rings. The molecule has 6 nitrogen and oxygen atoms in total. The van der Waals surface area contributed by atoms with Crippen molar-refractivity contribution in [1.82, 2.24) is 19.8 Å². The second-order valence-corrected chi connectivity index (χ2v) is 8.08. The number of nitrogens with one attached hydrogen (secondary N) is 1. The normalized spacial score (nSPS) is 22.0. The van der Waals surface area contributed by atoms with E-state index in [2.05, 4.69) is 33.7 Å². The number of aromatic nitrogens is 2. The first-order chi connectivity index (χ1) is 12.6. The lowest BCUT2D eigenvalue weighted by Crippen LogP contribution is -2.53. The quantitative estimate of drug-likeness (QED) is 0.897. The van der Waals surface area contributed by atoms with Crippen molar-refractivity contribution in [2.45, 2.75) is 50.8 Å². The van der Waals surface area contributed by atoms with E-state index in [-0.39, 0.29) is 17.6 Å². The van der Waals surface area contributed by atoms with Gasteiger partial charge in [-0.3, -0.25) is 4.79 Å². The fourth-order valence-corrected chi connectivity index (χ4v) is 4.43. The van der Waals surface area contributed by atoms with Crippen LogP contribution in [0.15, 0.2) is 29.6 Å². The van der Waals surface area contributed by atoms with E-state index in [4.69, 9.17) is 4.74 Å². The zero-order valence-electron chi connectivity index (χ0n) is 15.1. The van der Waals surface area contributed by atoms with Crippen LogP contribution in [0.2, 0.25) is 0 Å². The summed E-state index contributed by atoms with van der Waals surface area (Å²) in [6.45, 7) is 6.52. The summed E-state index contributed by atoms with van der Waals surface area (Å²) in [6.07, 6.45) is 2.74. The first-order valence-electron chi connectivity index (χ1n) is 9.16. The van der Waals surface area contributed by atoms with Crippen molar-refractivity contribution in [3.8, 4) is 5.75 Å². The summed E-state index contributed by atoms with van der Waals surface area (Å²) in [6, 6.07) is 8.51. The first-order valence-corrected chi connectivity index (χ1v) is 10.00.